The average Bonchev–Trinajstić information content (AvgIpc) is 3.09. The maximum absolute atomic E-state index is 12.5. The number of aromatic nitrogens is 1. The Morgan fingerprint density at radius 3 is 2.69 bits per heavy atom. The molecular weight excluding hydrogens is 364 g/mol. The number of amidine groups is 1. The summed E-state index contributed by atoms with van der Waals surface area (Å²) in [6.07, 6.45) is 7.66. The minimum absolute atomic E-state index is 0.210. The molecule has 0 spiro atoms. The molecule has 0 atom stereocenters. The van der Waals surface area contributed by atoms with Crippen molar-refractivity contribution in [1.29, 1.82) is 5.26 Å². The molecule has 2 aromatic rings. The van der Waals surface area contributed by atoms with Crippen molar-refractivity contribution in [3.8, 4) is 6.57 Å². The molecule has 0 unspecified atom stereocenters. The molecule has 152 valence electrons. The van der Waals surface area contributed by atoms with Crippen LogP contribution in [0, 0.1) is 11.8 Å². The lowest BCUT2D eigenvalue weighted by Gasteiger charge is -2.24. The van der Waals surface area contributed by atoms with Gasteiger partial charge in [0.1, 0.15) is 11.4 Å². The Morgan fingerprint density at radius 2 is 1.93 bits per heavy atom. The van der Waals surface area contributed by atoms with E-state index in [4.69, 9.17) is 11.0 Å². The molecule has 4 rings (SSSR count). The maximum Gasteiger partial charge on any atom is 0.261 e. The summed E-state index contributed by atoms with van der Waals surface area (Å²) in [7, 11) is 2.10. The first-order valence-electron chi connectivity index (χ1n) is 9.99. The van der Waals surface area contributed by atoms with E-state index in [0.29, 0.717) is 11.6 Å². The van der Waals surface area contributed by atoms with Gasteiger partial charge in [0.15, 0.2) is 0 Å². The summed E-state index contributed by atoms with van der Waals surface area (Å²) in [5.41, 5.74) is 10.7. The number of pyridine rings is 1. The van der Waals surface area contributed by atoms with Crippen LogP contribution in [0.5, 0.6) is 0 Å². The lowest BCUT2D eigenvalue weighted by molar-refractivity contribution is 0.353. The minimum Gasteiger partial charge on any atom is -0.383 e. The second-order valence-corrected chi connectivity index (χ2v) is 7.70. The second-order valence-electron chi connectivity index (χ2n) is 7.70. The first-order valence-corrected chi connectivity index (χ1v) is 9.99. The topological polar surface area (TPSA) is 110 Å². The standard InChI is InChI=1S/C21H27N5O.CHN/c1-26-12-14-7-8-17(11-15(14)13-26)25-20(22)19-18(9-10-23-21(19)27)24-16-5-3-2-4-6-16;1-2/h7-11,16H,2-6,12-13H2,1H3,(H2,22,25)(H2,23,24,27);1H. The number of nitrogens with one attached hydrogen (secondary N) is 2. The zero-order valence-corrected chi connectivity index (χ0v) is 16.8. The predicted molar refractivity (Wildman–Crippen MR) is 116 cm³/mol. The van der Waals surface area contributed by atoms with Crippen molar-refractivity contribution in [2.45, 2.75) is 51.2 Å². The fourth-order valence-electron chi connectivity index (χ4n) is 4.14. The summed E-state index contributed by atoms with van der Waals surface area (Å²) in [6, 6.07) is 8.41. The summed E-state index contributed by atoms with van der Waals surface area (Å²) in [5.74, 6) is 0.251. The Bertz CT molecular complexity index is 955. The van der Waals surface area contributed by atoms with Crippen LogP contribution in [-0.2, 0) is 13.1 Å². The number of fused-ring (bicyclic) bond motifs is 1. The smallest absolute Gasteiger partial charge is 0.261 e. The molecule has 1 fully saturated rings. The molecule has 0 radical (unpaired) electrons. The third kappa shape index (κ3) is 4.84. The molecule has 0 amide bonds. The van der Waals surface area contributed by atoms with E-state index in [2.05, 4.69) is 45.9 Å². The van der Waals surface area contributed by atoms with Gasteiger partial charge < -0.3 is 16.0 Å². The Hall–Kier alpha value is -3.11. The van der Waals surface area contributed by atoms with E-state index in [0.717, 1.165) is 37.3 Å². The van der Waals surface area contributed by atoms with Crippen molar-refractivity contribution >= 4 is 17.2 Å². The number of nitriles is 1. The lowest BCUT2D eigenvalue weighted by atomic mass is 9.95. The number of benzene rings is 1. The molecule has 1 aliphatic carbocycles. The average molecular weight is 393 g/mol. The molecule has 7 heteroatoms. The summed E-state index contributed by atoms with van der Waals surface area (Å²) in [4.78, 5) is 22.0. The van der Waals surface area contributed by atoms with Gasteiger partial charge in [0.2, 0.25) is 0 Å². The molecule has 1 aromatic heterocycles. The number of hydrogen-bond donors (Lipinski definition) is 3. The summed E-state index contributed by atoms with van der Waals surface area (Å²) in [6.45, 7) is 5.38. The van der Waals surface area contributed by atoms with Crippen molar-refractivity contribution in [3.05, 3.63) is 57.5 Å². The van der Waals surface area contributed by atoms with Crippen LogP contribution in [0.15, 0.2) is 40.2 Å². The van der Waals surface area contributed by atoms with Gasteiger partial charge in [-0.3, -0.25) is 9.69 Å². The van der Waals surface area contributed by atoms with E-state index < -0.39 is 0 Å². The van der Waals surface area contributed by atoms with Gasteiger partial charge in [-0.15, -0.1) is 0 Å². The van der Waals surface area contributed by atoms with Crippen molar-refractivity contribution in [3.63, 3.8) is 0 Å². The first-order chi connectivity index (χ1) is 14.1. The second kappa shape index (κ2) is 9.39. The molecule has 0 saturated heterocycles. The third-order valence-corrected chi connectivity index (χ3v) is 5.50. The van der Waals surface area contributed by atoms with Crippen LogP contribution in [0.1, 0.15) is 48.8 Å². The molecule has 2 aliphatic rings. The number of H-pyrrole nitrogens is 1. The van der Waals surface area contributed by atoms with Gasteiger partial charge in [-0.25, -0.2) is 10.3 Å². The van der Waals surface area contributed by atoms with Crippen LogP contribution in [-0.4, -0.2) is 28.8 Å². The summed E-state index contributed by atoms with van der Waals surface area (Å²) in [5, 5.41) is 10.0. The van der Waals surface area contributed by atoms with Crippen LogP contribution < -0.4 is 16.6 Å². The van der Waals surface area contributed by atoms with Gasteiger partial charge in [0.25, 0.3) is 5.56 Å². The molecule has 4 N–H and O–H groups in total. The highest BCUT2D eigenvalue weighted by molar-refractivity contribution is 6.03. The fourth-order valence-corrected chi connectivity index (χ4v) is 4.14. The van der Waals surface area contributed by atoms with E-state index in [-0.39, 0.29) is 11.4 Å². The van der Waals surface area contributed by atoms with Crippen LogP contribution >= 0.6 is 0 Å². The SMILES string of the molecule is C#N.CN1Cc2ccc(N=C(N)c3c(NC4CCCCC4)cc[nH]c3=O)cc2C1. The number of nitrogens with two attached hydrogens (primary N) is 1. The Kier molecular flexibility index (Phi) is 6.68. The lowest BCUT2D eigenvalue weighted by Crippen LogP contribution is -2.29. The monoisotopic (exact) mass is 392 g/mol. The summed E-state index contributed by atoms with van der Waals surface area (Å²) < 4.78 is 0. The molecule has 0 bridgehead atoms. The predicted octanol–water partition coefficient (Wildman–Crippen LogP) is 3.24. The number of anilines is 1. The number of nitrogens with zero attached hydrogens (tertiary/aromatic N) is 3. The van der Waals surface area contributed by atoms with Gasteiger partial charge in [-0.05, 0) is 49.2 Å². The molecule has 7 nitrogen and oxygen atoms in total. The largest absolute Gasteiger partial charge is 0.383 e. The van der Waals surface area contributed by atoms with Crippen LogP contribution in [0.25, 0.3) is 0 Å². The van der Waals surface area contributed by atoms with Gasteiger partial charge in [0.05, 0.1) is 11.4 Å². The quantitative estimate of drug-likeness (QED) is 0.546. The van der Waals surface area contributed by atoms with Crippen molar-refractivity contribution in [2.24, 2.45) is 10.7 Å². The highest BCUT2D eigenvalue weighted by Gasteiger charge is 2.19. The van der Waals surface area contributed by atoms with E-state index in [1.807, 2.05) is 12.1 Å². The Labute approximate surface area is 171 Å². The van der Waals surface area contributed by atoms with E-state index in [9.17, 15) is 4.79 Å². The molecule has 2 heterocycles. The van der Waals surface area contributed by atoms with Crippen LogP contribution in [0.3, 0.4) is 0 Å². The first kappa shape index (κ1) is 20.6. The van der Waals surface area contributed by atoms with Crippen molar-refractivity contribution in [1.82, 2.24) is 9.88 Å². The molecule has 29 heavy (non-hydrogen) atoms. The molecular formula is C22H28N6O. The molecule has 1 aliphatic heterocycles. The van der Waals surface area contributed by atoms with Crippen LogP contribution in [0.4, 0.5) is 11.4 Å². The number of hydrogen-bond acceptors (Lipinski definition) is 5. The maximum atomic E-state index is 12.5. The van der Waals surface area contributed by atoms with Gasteiger partial charge in [0, 0.05) is 31.9 Å². The van der Waals surface area contributed by atoms with Crippen molar-refractivity contribution in [2.75, 3.05) is 12.4 Å². The minimum atomic E-state index is -0.210. The zero-order chi connectivity index (χ0) is 20.8. The number of aromatic amines is 1. The normalized spacial score (nSPS) is 17.3. The Morgan fingerprint density at radius 1 is 1.21 bits per heavy atom. The van der Waals surface area contributed by atoms with E-state index in [1.54, 1.807) is 6.20 Å². The Balaban J connectivity index is 0.00000117. The van der Waals surface area contributed by atoms with Gasteiger partial charge >= 0.3 is 0 Å². The van der Waals surface area contributed by atoms with E-state index in [1.165, 1.54) is 30.4 Å². The highest BCUT2D eigenvalue weighted by atomic mass is 16.1. The van der Waals surface area contributed by atoms with Gasteiger partial charge in [-0.1, -0.05) is 25.3 Å². The zero-order valence-electron chi connectivity index (χ0n) is 16.8. The number of aliphatic imine (C=N–C) groups is 1. The van der Waals surface area contributed by atoms with Gasteiger partial charge in [-0.2, -0.15) is 0 Å². The van der Waals surface area contributed by atoms with E-state index >= 15 is 0 Å². The number of rotatable bonds is 4. The summed E-state index contributed by atoms with van der Waals surface area (Å²) >= 11 is 0. The van der Waals surface area contributed by atoms with Crippen molar-refractivity contribution < 1.29 is 0 Å². The third-order valence-electron chi connectivity index (χ3n) is 5.50. The fraction of sp³-hybridized carbons (Fsp3) is 0.409. The highest BCUT2D eigenvalue weighted by Crippen LogP contribution is 2.27. The molecule has 1 aromatic carbocycles. The molecule has 1 saturated carbocycles. The van der Waals surface area contributed by atoms with Crippen LogP contribution in [0.2, 0.25) is 0 Å².